The molecule has 0 amide bonds. The molecule has 0 saturated carbocycles. The number of fused-ring (bicyclic) bond motifs is 3. The minimum absolute atomic E-state index is 0.474. The van der Waals surface area contributed by atoms with Gasteiger partial charge in [0.05, 0.1) is 22.4 Å². The summed E-state index contributed by atoms with van der Waals surface area (Å²) < 4.78 is 2.21. The third-order valence-electron chi connectivity index (χ3n) is 7.31. The highest BCUT2D eigenvalue weighted by Crippen LogP contribution is 2.34. The molecule has 40 heavy (non-hydrogen) atoms. The second-order valence-electron chi connectivity index (χ2n) is 9.78. The van der Waals surface area contributed by atoms with Gasteiger partial charge in [-0.3, -0.25) is 9.97 Å². The Morgan fingerprint density at radius 1 is 0.500 bits per heavy atom. The normalized spacial score (nSPS) is 11.2. The van der Waals surface area contributed by atoms with E-state index in [1.54, 1.807) is 6.07 Å². The van der Waals surface area contributed by atoms with Gasteiger partial charge in [0.15, 0.2) is 0 Å². The van der Waals surface area contributed by atoms with E-state index in [2.05, 4.69) is 69.1 Å². The van der Waals surface area contributed by atoms with Crippen LogP contribution >= 0.6 is 0 Å². The van der Waals surface area contributed by atoms with Gasteiger partial charge in [-0.2, -0.15) is 0 Å². The first-order valence-corrected chi connectivity index (χ1v) is 13.1. The smallest absolute Gasteiger partial charge is 0.423 e. The molecular formula is C34H24BN3O2. The molecule has 0 atom stereocenters. The zero-order chi connectivity index (χ0) is 27.1. The van der Waals surface area contributed by atoms with E-state index in [1.165, 1.54) is 0 Å². The topological polar surface area (TPSA) is 71.2 Å². The van der Waals surface area contributed by atoms with Crippen molar-refractivity contribution in [2.24, 2.45) is 0 Å². The first-order chi connectivity index (χ1) is 19.7. The fourth-order valence-electron chi connectivity index (χ4n) is 5.39. The first-order valence-electron chi connectivity index (χ1n) is 13.1. The molecule has 0 radical (unpaired) electrons. The Kier molecular flexibility index (Phi) is 5.97. The van der Waals surface area contributed by atoms with E-state index in [-0.39, 0.29) is 0 Å². The fourth-order valence-corrected chi connectivity index (χ4v) is 5.39. The van der Waals surface area contributed by atoms with Crippen LogP contribution in [0.2, 0.25) is 0 Å². The van der Waals surface area contributed by atoms with Gasteiger partial charge in [0.25, 0.3) is 0 Å². The highest BCUT2D eigenvalue weighted by molar-refractivity contribution is 6.59. The molecule has 5 nitrogen and oxygen atoms in total. The summed E-state index contributed by atoms with van der Waals surface area (Å²) in [5, 5.41) is 21.5. The number of hydrogen-bond donors (Lipinski definition) is 2. The van der Waals surface area contributed by atoms with Crippen LogP contribution < -0.4 is 5.46 Å². The summed E-state index contributed by atoms with van der Waals surface area (Å²) in [4.78, 5) is 9.17. The lowest BCUT2D eigenvalue weighted by molar-refractivity contribution is 0.426. The number of benzene rings is 4. The van der Waals surface area contributed by atoms with Crippen LogP contribution in [-0.2, 0) is 0 Å². The van der Waals surface area contributed by atoms with Gasteiger partial charge in [-0.1, -0.05) is 54.6 Å². The van der Waals surface area contributed by atoms with E-state index >= 15 is 0 Å². The molecule has 2 N–H and O–H groups in total. The standard InChI is InChI=1S/C34H24BN3O2/c39-35(40)27-13-16-34-30(22-27)29-7-1-2-10-33(29)38(34)28-14-11-23(12-15-28)24-19-25(31-8-3-5-17-36-31)21-26(20-24)32-9-4-6-18-37-32/h1-22,39-40H. The van der Waals surface area contributed by atoms with Crippen molar-refractivity contribution in [3.8, 4) is 39.3 Å². The molecule has 3 heterocycles. The van der Waals surface area contributed by atoms with E-state index in [9.17, 15) is 10.0 Å². The molecule has 0 spiro atoms. The molecule has 0 bridgehead atoms. The lowest BCUT2D eigenvalue weighted by Crippen LogP contribution is -2.29. The minimum Gasteiger partial charge on any atom is -0.423 e. The van der Waals surface area contributed by atoms with Crippen molar-refractivity contribution >= 4 is 34.4 Å². The van der Waals surface area contributed by atoms with E-state index in [0.29, 0.717) is 5.46 Å². The third-order valence-corrected chi connectivity index (χ3v) is 7.31. The van der Waals surface area contributed by atoms with Gasteiger partial charge in [0.2, 0.25) is 0 Å². The van der Waals surface area contributed by atoms with Gasteiger partial charge in [-0.15, -0.1) is 0 Å². The monoisotopic (exact) mass is 517 g/mol. The van der Waals surface area contributed by atoms with E-state index < -0.39 is 7.12 Å². The second-order valence-corrected chi connectivity index (χ2v) is 9.78. The summed E-state index contributed by atoms with van der Waals surface area (Å²) in [6.07, 6.45) is 3.63. The van der Waals surface area contributed by atoms with Crippen LogP contribution in [-0.4, -0.2) is 31.7 Å². The van der Waals surface area contributed by atoms with Crippen LogP contribution in [0.4, 0.5) is 0 Å². The molecule has 0 aliphatic heterocycles. The van der Waals surface area contributed by atoms with Crippen LogP contribution in [0.15, 0.2) is 134 Å². The molecule has 0 aliphatic carbocycles. The van der Waals surface area contributed by atoms with Gasteiger partial charge >= 0.3 is 7.12 Å². The van der Waals surface area contributed by atoms with Gasteiger partial charge in [-0.25, -0.2) is 0 Å². The number of rotatable bonds is 5. The van der Waals surface area contributed by atoms with Gasteiger partial charge in [0, 0.05) is 40.0 Å². The fraction of sp³-hybridized carbons (Fsp3) is 0. The predicted octanol–water partition coefficient (Wildman–Crippen LogP) is 6.25. The van der Waals surface area contributed by atoms with Crippen LogP contribution in [0.25, 0.3) is 61.1 Å². The van der Waals surface area contributed by atoms with Crippen LogP contribution in [0.5, 0.6) is 0 Å². The third kappa shape index (κ3) is 4.26. The molecule has 6 heteroatoms. The number of aromatic nitrogens is 3. The lowest BCUT2D eigenvalue weighted by atomic mass is 9.80. The Balaban J connectivity index is 1.36. The molecule has 3 aromatic heterocycles. The number of pyridine rings is 2. The Bertz CT molecular complexity index is 1910. The summed E-state index contributed by atoms with van der Waals surface area (Å²) in [6.45, 7) is 0. The van der Waals surface area contributed by atoms with Crippen LogP contribution in [0, 0.1) is 0 Å². The van der Waals surface area contributed by atoms with Crippen molar-refractivity contribution in [3.05, 3.63) is 134 Å². The van der Waals surface area contributed by atoms with Gasteiger partial charge in [0.1, 0.15) is 0 Å². The molecule has 190 valence electrons. The van der Waals surface area contributed by atoms with Crippen molar-refractivity contribution in [3.63, 3.8) is 0 Å². The molecule has 0 aliphatic rings. The highest BCUT2D eigenvalue weighted by atomic mass is 16.4. The summed E-state index contributed by atoms with van der Waals surface area (Å²) >= 11 is 0. The summed E-state index contributed by atoms with van der Waals surface area (Å²) in [6, 6.07) is 40.7. The zero-order valence-corrected chi connectivity index (χ0v) is 21.5. The molecule has 7 rings (SSSR count). The Labute approximate surface area is 231 Å². The van der Waals surface area contributed by atoms with Crippen molar-refractivity contribution in [1.82, 2.24) is 14.5 Å². The molecular weight excluding hydrogens is 493 g/mol. The largest absolute Gasteiger partial charge is 0.488 e. The quantitative estimate of drug-likeness (QED) is 0.265. The molecule has 0 saturated heterocycles. The van der Waals surface area contributed by atoms with Crippen LogP contribution in [0.1, 0.15) is 0 Å². The predicted molar refractivity (Wildman–Crippen MR) is 163 cm³/mol. The van der Waals surface area contributed by atoms with E-state index in [1.807, 2.05) is 73.1 Å². The van der Waals surface area contributed by atoms with Crippen molar-refractivity contribution in [2.75, 3.05) is 0 Å². The van der Waals surface area contributed by atoms with Crippen molar-refractivity contribution in [1.29, 1.82) is 0 Å². The Morgan fingerprint density at radius 3 is 1.73 bits per heavy atom. The van der Waals surface area contributed by atoms with Gasteiger partial charge < -0.3 is 14.6 Å². The average Bonchev–Trinajstić information content (AvgIpc) is 3.35. The average molecular weight is 517 g/mol. The second kappa shape index (κ2) is 9.93. The maximum atomic E-state index is 9.74. The first kappa shape index (κ1) is 24.0. The number of hydrogen-bond acceptors (Lipinski definition) is 4. The Hall–Kier alpha value is -5.04. The summed E-state index contributed by atoms with van der Waals surface area (Å²) in [5.41, 5.74) is 9.63. The van der Waals surface area contributed by atoms with E-state index in [0.717, 1.165) is 61.1 Å². The maximum Gasteiger partial charge on any atom is 0.488 e. The van der Waals surface area contributed by atoms with Crippen molar-refractivity contribution < 1.29 is 10.0 Å². The summed E-state index contributed by atoms with van der Waals surface area (Å²) in [7, 11) is -1.51. The molecule has 0 unspecified atom stereocenters. The number of nitrogens with zero attached hydrogens (tertiary/aromatic N) is 3. The zero-order valence-electron chi connectivity index (χ0n) is 21.5. The SMILES string of the molecule is OB(O)c1ccc2c(c1)c1ccccc1n2-c1ccc(-c2cc(-c3ccccn3)cc(-c3ccccn3)c2)cc1. The Morgan fingerprint density at radius 2 is 1.10 bits per heavy atom. The van der Waals surface area contributed by atoms with Crippen LogP contribution in [0.3, 0.4) is 0 Å². The van der Waals surface area contributed by atoms with Crippen molar-refractivity contribution in [2.45, 2.75) is 0 Å². The molecule has 0 fully saturated rings. The van der Waals surface area contributed by atoms with E-state index in [4.69, 9.17) is 0 Å². The summed E-state index contributed by atoms with van der Waals surface area (Å²) in [5.74, 6) is 0. The lowest BCUT2D eigenvalue weighted by Gasteiger charge is -2.12. The van der Waals surface area contributed by atoms with Gasteiger partial charge in [-0.05, 0) is 83.3 Å². The maximum absolute atomic E-state index is 9.74. The molecule has 4 aromatic carbocycles. The minimum atomic E-state index is -1.51. The molecule has 7 aromatic rings. The highest BCUT2D eigenvalue weighted by Gasteiger charge is 2.17. The number of para-hydroxylation sites is 1.